The number of rotatable bonds is 4. The van der Waals surface area contributed by atoms with E-state index in [0.29, 0.717) is 5.75 Å². The van der Waals surface area contributed by atoms with Gasteiger partial charge in [0.25, 0.3) is 0 Å². The zero-order chi connectivity index (χ0) is 16.4. The molecule has 3 aromatic rings. The van der Waals surface area contributed by atoms with E-state index in [-0.39, 0.29) is 12.4 Å². The highest BCUT2D eigenvalue weighted by Crippen LogP contribution is 2.27. The molecular formula is C16H12F3NO2S. The SMILES string of the molecule is Cc1nc2ccc(OCc3ccc(OC(F)(F)F)cc3)cc2s1. The Morgan fingerprint density at radius 1 is 1.04 bits per heavy atom. The zero-order valence-electron chi connectivity index (χ0n) is 12.1. The molecule has 23 heavy (non-hydrogen) atoms. The van der Waals surface area contributed by atoms with Crippen LogP contribution < -0.4 is 9.47 Å². The molecule has 0 amide bonds. The third-order valence-electron chi connectivity index (χ3n) is 3.03. The van der Waals surface area contributed by atoms with Crippen LogP contribution in [0.15, 0.2) is 42.5 Å². The molecule has 120 valence electrons. The monoisotopic (exact) mass is 339 g/mol. The number of hydrogen-bond acceptors (Lipinski definition) is 4. The molecular weight excluding hydrogens is 327 g/mol. The molecule has 0 fully saturated rings. The lowest BCUT2D eigenvalue weighted by Crippen LogP contribution is -2.17. The largest absolute Gasteiger partial charge is 0.573 e. The van der Waals surface area contributed by atoms with Crippen LogP contribution in [-0.4, -0.2) is 11.3 Å². The Hall–Kier alpha value is -2.28. The molecule has 0 bridgehead atoms. The molecule has 3 rings (SSSR count). The first-order chi connectivity index (χ1) is 10.9. The number of halogens is 3. The number of benzene rings is 2. The van der Waals surface area contributed by atoms with Crippen LogP contribution in [0.4, 0.5) is 13.2 Å². The molecule has 0 unspecified atom stereocenters. The van der Waals surface area contributed by atoms with E-state index in [0.717, 1.165) is 20.8 Å². The van der Waals surface area contributed by atoms with E-state index in [9.17, 15) is 13.2 Å². The maximum Gasteiger partial charge on any atom is 0.573 e. The first-order valence-corrected chi connectivity index (χ1v) is 7.55. The van der Waals surface area contributed by atoms with Crippen LogP contribution in [0.3, 0.4) is 0 Å². The summed E-state index contributed by atoms with van der Waals surface area (Å²) in [6, 6.07) is 11.2. The van der Waals surface area contributed by atoms with Crippen molar-refractivity contribution in [2.24, 2.45) is 0 Å². The third-order valence-corrected chi connectivity index (χ3v) is 3.96. The van der Waals surface area contributed by atoms with Gasteiger partial charge in [-0.2, -0.15) is 0 Å². The number of thiazole rings is 1. The molecule has 0 saturated carbocycles. The molecule has 0 aliphatic carbocycles. The van der Waals surface area contributed by atoms with E-state index >= 15 is 0 Å². The highest BCUT2D eigenvalue weighted by molar-refractivity contribution is 7.18. The van der Waals surface area contributed by atoms with E-state index in [4.69, 9.17) is 4.74 Å². The fourth-order valence-electron chi connectivity index (χ4n) is 2.06. The van der Waals surface area contributed by atoms with E-state index in [1.54, 1.807) is 11.3 Å². The van der Waals surface area contributed by atoms with Crippen LogP contribution in [0.1, 0.15) is 10.6 Å². The van der Waals surface area contributed by atoms with Crippen LogP contribution in [-0.2, 0) is 6.61 Å². The summed E-state index contributed by atoms with van der Waals surface area (Å²) in [5.74, 6) is 0.444. The Bertz CT molecular complexity index is 812. The van der Waals surface area contributed by atoms with E-state index in [1.165, 1.54) is 24.3 Å². The Kier molecular flexibility index (Phi) is 4.12. The molecule has 3 nitrogen and oxygen atoms in total. The molecule has 2 aromatic carbocycles. The summed E-state index contributed by atoms with van der Waals surface area (Å²) < 4.78 is 46.8. The summed E-state index contributed by atoms with van der Waals surface area (Å²) >= 11 is 1.58. The first kappa shape index (κ1) is 15.6. The minimum absolute atomic E-state index is 0.247. The number of aryl methyl sites for hydroxylation is 1. The minimum atomic E-state index is -4.68. The molecule has 0 spiro atoms. The fourth-order valence-corrected chi connectivity index (χ4v) is 2.92. The van der Waals surface area contributed by atoms with Gasteiger partial charge in [0.2, 0.25) is 0 Å². The fraction of sp³-hybridized carbons (Fsp3) is 0.188. The molecule has 7 heteroatoms. The van der Waals surface area contributed by atoms with Gasteiger partial charge in [-0.1, -0.05) is 12.1 Å². The van der Waals surface area contributed by atoms with Crippen molar-refractivity contribution in [3.05, 3.63) is 53.0 Å². The van der Waals surface area contributed by atoms with Crippen LogP contribution >= 0.6 is 11.3 Å². The quantitative estimate of drug-likeness (QED) is 0.664. The summed E-state index contributed by atoms with van der Waals surface area (Å²) in [6.07, 6.45) is -4.68. The van der Waals surface area contributed by atoms with Crippen molar-refractivity contribution in [2.75, 3.05) is 0 Å². The van der Waals surface area contributed by atoms with Crippen molar-refractivity contribution in [1.82, 2.24) is 4.98 Å². The smallest absolute Gasteiger partial charge is 0.489 e. The normalized spacial score (nSPS) is 11.7. The Morgan fingerprint density at radius 2 is 1.74 bits per heavy atom. The average Bonchev–Trinajstić information content (AvgIpc) is 2.84. The highest BCUT2D eigenvalue weighted by Gasteiger charge is 2.30. The summed E-state index contributed by atoms with van der Waals surface area (Å²) in [5, 5.41) is 0.984. The lowest BCUT2D eigenvalue weighted by Gasteiger charge is -2.10. The number of ether oxygens (including phenoxy) is 2. The Morgan fingerprint density at radius 3 is 2.43 bits per heavy atom. The number of alkyl halides is 3. The third kappa shape index (κ3) is 4.13. The van der Waals surface area contributed by atoms with Crippen LogP contribution in [0.2, 0.25) is 0 Å². The lowest BCUT2D eigenvalue weighted by molar-refractivity contribution is -0.274. The van der Waals surface area contributed by atoms with Crippen molar-refractivity contribution < 1.29 is 22.6 Å². The van der Waals surface area contributed by atoms with Crippen LogP contribution in [0, 0.1) is 6.92 Å². The Labute approximate surface area is 134 Å². The second kappa shape index (κ2) is 6.08. The van der Waals surface area contributed by atoms with Crippen LogP contribution in [0.5, 0.6) is 11.5 Å². The molecule has 1 aromatic heterocycles. The van der Waals surface area contributed by atoms with E-state index < -0.39 is 6.36 Å². The first-order valence-electron chi connectivity index (χ1n) is 6.74. The molecule has 0 atom stereocenters. The Balaban J connectivity index is 1.64. The predicted molar refractivity (Wildman–Crippen MR) is 81.8 cm³/mol. The van der Waals surface area contributed by atoms with Crippen molar-refractivity contribution >= 4 is 21.6 Å². The van der Waals surface area contributed by atoms with Gasteiger partial charge < -0.3 is 9.47 Å². The minimum Gasteiger partial charge on any atom is -0.489 e. The average molecular weight is 339 g/mol. The van der Waals surface area contributed by atoms with Gasteiger partial charge in [-0.25, -0.2) is 4.98 Å². The maximum absolute atomic E-state index is 12.1. The zero-order valence-corrected chi connectivity index (χ0v) is 12.9. The van der Waals surface area contributed by atoms with Crippen LogP contribution in [0.25, 0.3) is 10.2 Å². The van der Waals surface area contributed by atoms with Gasteiger partial charge in [-0.15, -0.1) is 24.5 Å². The molecule has 0 saturated heterocycles. The van der Waals surface area contributed by atoms with Gasteiger partial charge in [0.15, 0.2) is 0 Å². The van der Waals surface area contributed by atoms with Crippen molar-refractivity contribution in [1.29, 1.82) is 0 Å². The maximum atomic E-state index is 12.1. The van der Waals surface area contributed by atoms with Gasteiger partial charge in [0.05, 0.1) is 15.2 Å². The van der Waals surface area contributed by atoms with Crippen molar-refractivity contribution in [2.45, 2.75) is 19.9 Å². The summed E-state index contributed by atoms with van der Waals surface area (Å²) in [4.78, 5) is 4.37. The van der Waals surface area contributed by atoms with Gasteiger partial charge >= 0.3 is 6.36 Å². The molecule has 0 aliphatic rings. The van der Waals surface area contributed by atoms with Gasteiger partial charge in [0.1, 0.15) is 18.1 Å². The number of hydrogen-bond donors (Lipinski definition) is 0. The van der Waals surface area contributed by atoms with Crippen molar-refractivity contribution in [3.63, 3.8) is 0 Å². The second-order valence-corrected chi connectivity index (χ2v) is 6.08. The molecule has 0 aliphatic heterocycles. The van der Waals surface area contributed by atoms with E-state index in [2.05, 4.69) is 9.72 Å². The molecule has 0 radical (unpaired) electrons. The summed E-state index contributed by atoms with van der Waals surface area (Å²) in [7, 11) is 0. The number of nitrogens with zero attached hydrogens (tertiary/aromatic N) is 1. The molecule has 1 heterocycles. The van der Waals surface area contributed by atoms with Gasteiger partial charge in [-0.05, 0) is 42.8 Å². The highest BCUT2D eigenvalue weighted by atomic mass is 32.1. The van der Waals surface area contributed by atoms with Crippen molar-refractivity contribution in [3.8, 4) is 11.5 Å². The molecule has 0 N–H and O–H groups in total. The summed E-state index contributed by atoms with van der Waals surface area (Å²) in [6.45, 7) is 2.20. The predicted octanol–water partition coefficient (Wildman–Crippen LogP) is 5.08. The summed E-state index contributed by atoms with van der Waals surface area (Å²) in [5.41, 5.74) is 1.67. The van der Waals surface area contributed by atoms with Gasteiger partial charge in [-0.3, -0.25) is 0 Å². The topological polar surface area (TPSA) is 31.4 Å². The second-order valence-electron chi connectivity index (χ2n) is 4.84. The van der Waals surface area contributed by atoms with Gasteiger partial charge in [0, 0.05) is 0 Å². The van der Waals surface area contributed by atoms with E-state index in [1.807, 2.05) is 25.1 Å². The number of fused-ring (bicyclic) bond motifs is 1. The lowest BCUT2D eigenvalue weighted by atomic mass is 10.2. The number of aromatic nitrogens is 1. The standard InChI is InChI=1S/C16H12F3NO2S/c1-10-20-14-7-6-13(8-15(14)23-10)21-9-11-2-4-12(5-3-11)22-16(17,18)19/h2-8H,9H2,1H3.